The summed E-state index contributed by atoms with van der Waals surface area (Å²) in [6, 6.07) is 5.06. The maximum atomic E-state index is 12.0. The van der Waals surface area contributed by atoms with Crippen LogP contribution < -0.4 is 16.4 Å². The first kappa shape index (κ1) is 21.3. The van der Waals surface area contributed by atoms with Crippen molar-refractivity contribution >= 4 is 23.8 Å². The van der Waals surface area contributed by atoms with Crippen LogP contribution in [0.2, 0.25) is 0 Å². The number of alkyl carbamates (subject to hydrolysis) is 1. The molecule has 8 nitrogen and oxygen atoms in total. The van der Waals surface area contributed by atoms with Crippen molar-refractivity contribution in [2.45, 2.75) is 58.8 Å². The summed E-state index contributed by atoms with van der Waals surface area (Å²) in [6.07, 6.45) is -1.55. The van der Waals surface area contributed by atoms with E-state index in [9.17, 15) is 14.4 Å². The minimum atomic E-state index is -1.30. The summed E-state index contributed by atoms with van der Waals surface area (Å²) >= 11 is 0. The lowest BCUT2D eigenvalue weighted by Gasteiger charge is -2.24. The van der Waals surface area contributed by atoms with Gasteiger partial charge in [-0.3, -0.25) is 15.8 Å². The van der Waals surface area contributed by atoms with Gasteiger partial charge in [-0.1, -0.05) is 18.2 Å². The molecule has 3 amide bonds. The fourth-order valence-electron chi connectivity index (χ4n) is 1.99. The predicted molar refractivity (Wildman–Crippen MR) is 96.5 cm³/mol. The molecule has 0 heterocycles. The van der Waals surface area contributed by atoms with Crippen LogP contribution in [0, 0.1) is 0 Å². The van der Waals surface area contributed by atoms with E-state index in [1.165, 1.54) is 6.07 Å². The van der Waals surface area contributed by atoms with Crippen LogP contribution in [0.4, 0.5) is 15.3 Å². The Morgan fingerprint density at radius 1 is 0.923 bits per heavy atom. The van der Waals surface area contributed by atoms with E-state index in [0.29, 0.717) is 0 Å². The Kier molecular flexibility index (Phi) is 6.60. The van der Waals surface area contributed by atoms with Gasteiger partial charge in [0.25, 0.3) is 5.91 Å². The van der Waals surface area contributed by atoms with Gasteiger partial charge >= 0.3 is 12.2 Å². The molecule has 0 spiro atoms. The molecule has 1 aromatic rings. The fourth-order valence-corrected chi connectivity index (χ4v) is 1.99. The molecule has 8 heteroatoms. The van der Waals surface area contributed by atoms with Gasteiger partial charge < -0.3 is 14.8 Å². The summed E-state index contributed by atoms with van der Waals surface area (Å²) in [6.45, 7) is 10.2. The lowest BCUT2D eigenvalue weighted by atomic mass is 10.0. The van der Waals surface area contributed by atoms with Crippen LogP contribution >= 0.6 is 0 Å². The van der Waals surface area contributed by atoms with Crippen molar-refractivity contribution in [1.29, 1.82) is 0 Å². The fraction of sp³-hybridized carbons (Fsp3) is 0.500. The number of ether oxygens (including phenoxy) is 2. The number of carbonyl (C=O) groups excluding carboxylic acids is 3. The number of benzene rings is 1. The van der Waals surface area contributed by atoms with E-state index >= 15 is 0 Å². The third-order valence-electron chi connectivity index (χ3n) is 2.83. The largest absolute Gasteiger partial charge is 0.444 e. The van der Waals surface area contributed by atoms with E-state index in [1.54, 1.807) is 59.7 Å². The van der Waals surface area contributed by atoms with Crippen LogP contribution in [0.15, 0.2) is 24.3 Å². The molecule has 0 bridgehead atoms. The second kappa shape index (κ2) is 8.07. The highest BCUT2D eigenvalue weighted by Gasteiger charge is 2.27. The van der Waals surface area contributed by atoms with Crippen molar-refractivity contribution in [1.82, 2.24) is 11.1 Å². The minimum absolute atomic E-state index is 0.253. The van der Waals surface area contributed by atoms with Gasteiger partial charge in [0.2, 0.25) is 0 Å². The summed E-state index contributed by atoms with van der Waals surface area (Å²) in [7, 11) is 0. The van der Waals surface area contributed by atoms with E-state index in [1.807, 2.05) is 0 Å². The lowest BCUT2D eigenvalue weighted by molar-refractivity contribution is -0.120. The van der Waals surface area contributed by atoms with Gasteiger partial charge in [-0.25, -0.2) is 9.59 Å². The average Bonchev–Trinajstić information content (AvgIpc) is 2.41. The first-order valence-corrected chi connectivity index (χ1v) is 8.12. The second-order valence-electron chi connectivity index (χ2n) is 7.66. The Morgan fingerprint density at radius 2 is 1.42 bits per heavy atom. The van der Waals surface area contributed by atoms with Gasteiger partial charge in [-0.15, -0.1) is 0 Å². The second-order valence-corrected chi connectivity index (χ2v) is 7.66. The molecular formula is C18H26N3O5. The van der Waals surface area contributed by atoms with E-state index in [0.717, 1.165) is 0 Å². The first-order valence-electron chi connectivity index (χ1n) is 8.12. The monoisotopic (exact) mass is 364 g/mol. The Morgan fingerprint density at radius 3 is 1.92 bits per heavy atom. The van der Waals surface area contributed by atoms with Crippen molar-refractivity contribution in [3.63, 3.8) is 0 Å². The molecule has 143 valence electrons. The highest BCUT2D eigenvalue weighted by molar-refractivity contribution is 5.91. The lowest BCUT2D eigenvalue weighted by Crippen LogP contribution is -2.39. The average molecular weight is 364 g/mol. The van der Waals surface area contributed by atoms with Gasteiger partial charge in [0.15, 0.2) is 0 Å². The highest BCUT2D eigenvalue weighted by Crippen LogP contribution is 2.24. The number of amides is 3. The third kappa shape index (κ3) is 7.42. The number of anilines is 1. The molecule has 0 aromatic heterocycles. The van der Waals surface area contributed by atoms with Gasteiger partial charge in [-0.05, 0) is 47.6 Å². The van der Waals surface area contributed by atoms with Gasteiger partial charge in [-0.2, -0.15) is 0 Å². The Balaban J connectivity index is 3.04. The van der Waals surface area contributed by atoms with Crippen LogP contribution in [0.3, 0.4) is 0 Å². The molecule has 1 rings (SSSR count). The van der Waals surface area contributed by atoms with Crippen molar-refractivity contribution in [3.8, 4) is 0 Å². The summed E-state index contributed by atoms with van der Waals surface area (Å²) < 4.78 is 10.3. The molecule has 0 saturated heterocycles. The van der Waals surface area contributed by atoms with Crippen molar-refractivity contribution in [3.05, 3.63) is 29.8 Å². The highest BCUT2D eigenvalue weighted by atomic mass is 16.6. The van der Waals surface area contributed by atoms with Crippen molar-refractivity contribution in [2.75, 3.05) is 5.32 Å². The number of para-hydroxylation sites is 1. The van der Waals surface area contributed by atoms with Crippen LogP contribution in [-0.2, 0) is 14.3 Å². The molecule has 26 heavy (non-hydrogen) atoms. The third-order valence-corrected chi connectivity index (χ3v) is 2.83. The molecule has 0 aliphatic rings. The molecule has 1 aromatic carbocycles. The van der Waals surface area contributed by atoms with Gasteiger partial charge in [0.05, 0.1) is 0 Å². The normalized spacial score (nSPS) is 12.7. The summed E-state index contributed by atoms with van der Waals surface area (Å²) in [5, 5.41) is 4.90. The van der Waals surface area contributed by atoms with Crippen LogP contribution in [0.5, 0.6) is 0 Å². The molecule has 1 unspecified atom stereocenters. The van der Waals surface area contributed by atoms with E-state index < -0.39 is 35.3 Å². The summed E-state index contributed by atoms with van der Waals surface area (Å²) in [5.41, 5.74) is 6.52. The molecule has 0 fully saturated rings. The van der Waals surface area contributed by atoms with Crippen LogP contribution in [-0.4, -0.2) is 29.3 Å². The topological polar surface area (TPSA) is 118 Å². The SMILES string of the molecule is CC(C)(C)OC(=O)Nc1ccccc1C(NC(=O)OC(C)(C)C)C([NH])=O. The van der Waals surface area contributed by atoms with Crippen molar-refractivity contribution < 1.29 is 23.9 Å². The number of hydrogen-bond donors (Lipinski definition) is 2. The number of hydrogen-bond acceptors (Lipinski definition) is 5. The van der Waals surface area contributed by atoms with E-state index in [-0.39, 0.29) is 11.3 Å². The predicted octanol–water partition coefficient (Wildman–Crippen LogP) is 3.41. The quantitative estimate of drug-likeness (QED) is 0.849. The Hall–Kier alpha value is -2.77. The zero-order chi connectivity index (χ0) is 20.1. The zero-order valence-electron chi connectivity index (χ0n) is 15.9. The van der Waals surface area contributed by atoms with E-state index in [4.69, 9.17) is 15.2 Å². The number of carbonyl (C=O) groups is 3. The van der Waals surface area contributed by atoms with Crippen molar-refractivity contribution in [2.24, 2.45) is 0 Å². The summed E-state index contributed by atoms with van der Waals surface area (Å²) in [5.74, 6) is -1.05. The van der Waals surface area contributed by atoms with Crippen LogP contribution in [0.1, 0.15) is 53.1 Å². The molecule has 1 radical (unpaired) electrons. The van der Waals surface area contributed by atoms with Crippen LogP contribution in [0.25, 0.3) is 0 Å². The van der Waals surface area contributed by atoms with Gasteiger partial charge in [0.1, 0.15) is 17.2 Å². The Bertz CT molecular complexity index is 674. The smallest absolute Gasteiger partial charge is 0.412 e. The molecular weight excluding hydrogens is 338 g/mol. The maximum Gasteiger partial charge on any atom is 0.412 e. The minimum Gasteiger partial charge on any atom is -0.444 e. The zero-order valence-corrected chi connectivity index (χ0v) is 15.9. The maximum absolute atomic E-state index is 12.0. The molecule has 0 saturated carbocycles. The standard InChI is InChI=1S/C18H26N3O5/c1-17(2,3)25-15(23)20-12-10-8-7-9-11(12)13(14(19)22)21-16(24)26-18(4,5)6/h7-10,13,19H,1-6H3,(H,20,23)(H,21,24). The Labute approximate surface area is 153 Å². The summed E-state index contributed by atoms with van der Waals surface area (Å²) in [4.78, 5) is 35.8. The number of rotatable bonds is 4. The first-order chi connectivity index (χ1) is 11.8. The molecule has 0 aliphatic heterocycles. The number of nitrogens with one attached hydrogen (secondary N) is 3. The van der Waals surface area contributed by atoms with E-state index in [2.05, 4.69) is 10.6 Å². The molecule has 3 N–H and O–H groups in total. The molecule has 0 aliphatic carbocycles. The molecule has 1 atom stereocenters. The van der Waals surface area contributed by atoms with Gasteiger partial charge in [0, 0.05) is 11.3 Å².